The number of para-hydroxylation sites is 1. The Labute approximate surface area is 167 Å². The van der Waals surface area contributed by atoms with Gasteiger partial charge in [-0.05, 0) is 41.5 Å². The molecule has 3 aromatic carbocycles. The topological polar surface area (TPSA) is 84.5 Å². The van der Waals surface area contributed by atoms with E-state index < -0.39 is 23.5 Å². The molecule has 2 N–H and O–H groups in total. The molecule has 0 bridgehead atoms. The molecule has 0 aromatic heterocycles. The van der Waals surface area contributed by atoms with Crippen molar-refractivity contribution in [2.75, 3.05) is 10.6 Å². The summed E-state index contributed by atoms with van der Waals surface area (Å²) in [5.41, 5.74) is 2.57. The number of Topliss-reactive ketones (excluding diaryl/α,β-unsaturated/α-hetero) is 1. The average Bonchev–Trinajstić information content (AvgIpc) is 3.09. The summed E-state index contributed by atoms with van der Waals surface area (Å²) in [5.74, 6) is -2.60. The lowest BCUT2D eigenvalue weighted by molar-refractivity contribution is -0.138. The zero-order chi connectivity index (χ0) is 20.2. The van der Waals surface area contributed by atoms with Crippen LogP contribution in [0, 0.1) is 0 Å². The number of amides is 2. The lowest BCUT2D eigenvalue weighted by atomic mass is 9.95. The van der Waals surface area contributed by atoms with E-state index in [1.54, 1.807) is 48.5 Å². The number of rotatable bonds is 6. The molecule has 4 rings (SSSR count). The minimum absolute atomic E-state index is 0.432. The first-order valence-corrected chi connectivity index (χ1v) is 9.13. The maximum atomic E-state index is 12.6. The summed E-state index contributed by atoms with van der Waals surface area (Å²) in [6.07, 6.45) is 0. The lowest BCUT2D eigenvalue weighted by Crippen LogP contribution is -2.31. The van der Waals surface area contributed by atoms with Gasteiger partial charge < -0.3 is 15.4 Å². The minimum Gasteiger partial charge on any atom is -0.489 e. The number of fused-ring (bicyclic) bond motifs is 1. The van der Waals surface area contributed by atoms with Crippen molar-refractivity contribution in [3.05, 3.63) is 90.0 Å². The van der Waals surface area contributed by atoms with Gasteiger partial charge in [0, 0.05) is 11.4 Å². The molecule has 6 nitrogen and oxygen atoms in total. The van der Waals surface area contributed by atoms with Crippen LogP contribution in [-0.4, -0.2) is 17.6 Å². The predicted octanol–water partition coefficient (Wildman–Crippen LogP) is 3.51. The molecule has 1 aliphatic heterocycles. The fourth-order valence-corrected chi connectivity index (χ4v) is 3.17. The van der Waals surface area contributed by atoms with Crippen LogP contribution in [-0.2, 0) is 21.0 Å². The van der Waals surface area contributed by atoms with E-state index in [9.17, 15) is 14.4 Å². The first-order valence-electron chi connectivity index (χ1n) is 9.13. The molecule has 1 heterocycles. The van der Waals surface area contributed by atoms with E-state index in [1.807, 2.05) is 30.3 Å². The summed E-state index contributed by atoms with van der Waals surface area (Å²) in [6, 6.07) is 23.3. The second-order valence-corrected chi connectivity index (χ2v) is 6.63. The molecular weight excluding hydrogens is 368 g/mol. The summed E-state index contributed by atoms with van der Waals surface area (Å²) < 4.78 is 5.70. The first-order chi connectivity index (χ1) is 14.1. The van der Waals surface area contributed by atoms with Crippen molar-refractivity contribution in [2.45, 2.75) is 12.5 Å². The van der Waals surface area contributed by atoms with E-state index in [2.05, 4.69) is 10.6 Å². The molecule has 1 atom stereocenters. The Balaban J connectivity index is 1.38. The molecule has 0 unspecified atom stereocenters. The number of hydrogen-bond acceptors (Lipinski definition) is 4. The summed E-state index contributed by atoms with van der Waals surface area (Å²) in [7, 11) is 0. The standard InChI is InChI=1S/C23H18N2O4/c26-21(20-18-8-4-5-9-19(18)25-22(20)27)23(28)24-16-10-12-17(13-11-16)29-14-15-6-2-1-3-7-15/h1-13,20H,14H2,(H,24,28)(H,25,27)/t20-/m0/s1. The van der Waals surface area contributed by atoms with Crippen molar-refractivity contribution in [1.82, 2.24) is 0 Å². The maximum absolute atomic E-state index is 12.6. The largest absolute Gasteiger partial charge is 0.489 e. The molecule has 0 radical (unpaired) electrons. The summed E-state index contributed by atoms with van der Waals surface area (Å²) >= 11 is 0. The van der Waals surface area contributed by atoms with Crippen molar-refractivity contribution in [3.8, 4) is 5.75 Å². The highest BCUT2D eigenvalue weighted by atomic mass is 16.5. The van der Waals surface area contributed by atoms with Gasteiger partial charge in [-0.3, -0.25) is 14.4 Å². The zero-order valence-corrected chi connectivity index (χ0v) is 15.4. The van der Waals surface area contributed by atoms with E-state index >= 15 is 0 Å². The molecule has 3 aromatic rings. The van der Waals surface area contributed by atoms with Gasteiger partial charge in [0.2, 0.25) is 11.7 Å². The molecule has 0 spiro atoms. The van der Waals surface area contributed by atoms with Crippen molar-refractivity contribution in [3.63, 3.8) is 0 Å². The van der Waals surface area contributed by atoms with Gasteiger partial charge in [-0.25, -0.2) is 0 Å². The number of carbonyl (C=O) groups is 3. The molecule has 2 amide bonds. The molecular formula is C23H18N2O4. The van der Waals surface area contributed by atoms with E-state index in [0.717, 1.165) is 5.56 Å². The van der Waals surface area contributed by atoms with Crippen LogP contribution in [0.4, 0.5) is 11.4 Å². The SMILES string of the molecule is O=C(Nc1ccc(OCc2ccccc2)cc1)C(=O)[C@H]1C(=O)Nc2ccccc21. The van der Waals surface area contributed by atoms with Crippen molar-refractivity contribution >= 4 is 29.0 Å². The van der Waals surface area contributed by atoms with Crippen LogP contribution >= 0.6 is 0 Å². The summed E-state index contributed by atoms with van der Waals surface area (Å²) in [6.45, 7) is 0.432. The smallest absolute Gasteiger partial charge is 0.292 e. The second kappa shape index (κ2) is 7.98. The van der Waals surface area contributed by atoms with Crippen molar-refractivity contribution in [2.24, 2.45) is 0 Å². The Hall–Kier alpha value is -3.93. The highest BCUT2D eigenvalue weighted by Crippen LogP contribution is 2.33. The third kappa shape index (κ3) is 4.01. The van der Waals surface area contributed by atoms with Crippen molar-refractivity contribution in [1.29, 1.82) is 0 Å². The van der Waals surface area contributed by atoms with Crippen molar-refractivity contribution < 1.29 is 19.1 Å². The zero-order valence-electron chi connectivity index (χ0n) is 15.4. The Bertz CT molecular complexity index is 1060. The molecule has 0 fully saturated rings. The Morgan fingerprint density at radius 1 is 0.897 bits per heavy atom. The number of carbonyl (C=O) groups excluding carboxylic acids is 3. The highest BCUT2D eigenvalue weighted by Gasteiger charge is 2.39. The van der Waals surface area contributed by atoms with E-state index in [-0.39, 0.29) is 0 Å². The monoisotopic (exact) mass is 386 g/mol. The van der Waals surface area contributed by atoms with E-state index in [0.29, 0.717) is 29.3 Å². The van der Waals surface area contributed by atoms with Crippen LogP contribution in [0.25, 0.3) is 0 Å². The second-order valence-electron chi connectivity index (χ2n) is 6.63. The Morgan fingerprint density at radius 2 is 1.59 bits per heavy atom. The third-order valence-corrected chi connectivity index (χ3v) is 4.64. The minimum atomic E-state index is -1.13. The van der Waals surface area contributed by atoms with Gasteiger partial charge >= 0.3 is 0 Å². The fraction of sp³-hybridized carbons (Fsp3) is 0.0870. The van der Waals surface area contributed by atoms with Crippen LogP contribution in [0.15, 0.2) is 78.9 Å². The van der Waals surface area contributed by atoms with Gasteiger partial charge in [0.15, 0.2) is 0 Å². The lowest BCUT2D eigenvalue weighted by Gasteiger charge is -2.10. The molecule has 144 valence electrons. The normalized spacial score (nSPS) is 14.6. The first kappa shape index (κ1) is 18.4. The van der Waals surface area contributed by atoms with E-state index in [4.69, 9.17) is 4.74 Å². The van der Waals surface area contributed by atoms with Crippen LogP contribution in [0.1, 0.15) is 17.0 Å². The molecule has 6 heteroatoms. The van der Waals surface area contributed by atoms with Crippen LogP contribution < -0.4 is 15.4 Å². The number of hydrogen-bond donors (Lipinski definition) is 2. The summed E-state index contributed by atoms with van der Waals surface area (Å²) in [5, 5.41) is 5.17. The Kier molecular flexibility index (Phi) is 5.07. The van der Waals surface area contributed by atoms with E-state index in [1.165, 1.54) is 0 Å². The number of ether oxygens (including phenoxy) is 1. The maximum Gasteiger partial charge on any atom is 0.292 e. The van der Waals surface area contributed by atoms with Gasteiger partial charge in [-0.2, -0.15) is 0 Å². The van der Waals surface area contributed by atoms with Gasteiger partial charge in [0.1, 0.15) is 18.3 Å². The molecule has 29 heavy (non-hydrogen) atoms. The molecule has 0 saturated carbocycles. The number of ketones is 1. The van der Waals surface area contributed by atoms with Gasteiger partial charge in [0.25, 0.3) is 5.91 Å². The number of anilines is 2. The highest BCUT2D eigenvalue weighted by molar-refractivity contribution is 6.47. The quantitative estimate of drug-likeness (QED) is 0.502. The molecule has 0 saturated heterocycles. The Morgan fingerprint density at radius 3 is 2.34 bits per heavy atom. The third-order valence-electron chi connectivity index (χ3n) is 4.64. The van der Waals surface area contributed by atoms with Gasteiger partial charge in [0.05, 0.1) is 0 Å². The average molecular weight is 386 g/mol. The molecule has 1 aliphatic rings. The van der Waals surface area contributed by atoms with Crippen LogP contribution in [0.3, 0.4) is 0 Å². The van der Waals surface area contributed by atoms with Crippen LogP contribution in [0.2, 0.25) is 0 Å². The number of benzene rings is 3. The summed E-state index contributed by atoms with van der Waals surface area (Å²) in [4.78, 5) is 37.1. The fourth-order valence-electron chi connectivity index (χ4n) is 3.17. The van der Waals surface area contributed by atoms with Crippen LogP contribution in [0.5, 0.6) is 5.75 Å². The molecule has 0 aliphatic carbocycles. The predicted molar refractivity (Wildman–Crippen MR) is 109 cm³/mol. The van der Waals surface area contributed by atoms with Gasteiger partial charge in [-0.1, -0.05) is 48.5 Å². The number of nitrogens with one attached hydrogen (secondary N) is 2. The van der Waals surface area contributed by atoms with Gasteiger partial charge in [-0.15, -0.1) is 0 Å².